The van der Waals surface area contributed by atoms with E-state index in [0.717, 1.165) is 18.7 Å². The molecule has 0 amide bonds. The van der Waals surface area contributed by atoms with Crippen LogP contribution >= 0.6 is 0 Å². The maximum Gasteiger partial charge on any atom is 0.266 e. The summed E-state index contributed by atoms with van der Waals surface area (Å²) in [5.41, 5.74) is 1.46. The maximum atomic E-state index is 8.74. The molecule has 0 unspecified atom stereocenters. The van der Waals surface area contributed by atoms with Crippen LogP contribution in [-0.4, -0.2) is 23.2 Å². The van der Waals surface area contributed by atoms with Crippen molar-refractivity contribution in [3.05, 3.63) is 29.8 Å². The van der Waals surface area contributed by atoms with E-state index in [4.69, 9.17) is 9.78 Å². The molecule has 0 aliphatic carbocycles. The van der Waals surface area contributed by atoms with Crippen LogP contribution in [0.3, 0.4) is 0 Å². The first-order chi connectivity index (χ1) is 8.86. The van der Waals surface area contributed by atoms with E-state index in [2.05, 4.69) is 21.1 Å². The van der Waals surface area contributed by atoms with Gasteiger partial charge < -0.3 is 9.42 Å². The molecule has 0 spiro atoms. The number of hydrogen-bond donors (Lipinski definition) is 0. The van der Waals surface area contributed by atoms with Gasteiger partial charge in [-0.25, -0.2) is 0 Å². The van der Waals surface area contributed by atoms with Gasteiger partial charge in [0.25, 0.3) is 11.8 Å². The quantitative estimate of drug-likeness (QED) is 0.805. The van der Waals surface area contributed by atoms with Gasteiger partial charge in [0.15, 0.2) is 0 Å². The van der Waals surface area contributed by atoms with Gasteiger partial charge in [-0.05, 0) is 42.3 Å². The molecule has 2 aromatic rings. The fourth-order valence-electron chi connectivity index (χ4n) is 2.07. The lowest BCUT2D eigenvalue weighted by atomic mass is 10.1. The van der Waals surface area contributed by atoms with Crippen LogP contribution in [0, 0.1) is 11.3 Å². The van der Waals surface area contributed by atoms with Crippen molar-refractivity contribution in [1.29, 1.82) is 5.26 Å². The Morgan fingerprint density at radius 2 is 1.89 bits per heavy atom. The minimum Gasteiger partial charge on any atom is -0.338 e. The van der Waals surface area contributed by atoms with Crippen molar-refractivity contribution in [2.45, 2.75) is 12.8 Å². The van der Waals surface area contributed by atoms with Crippen LogP contribution in [0.5, 0.6) is 0 Å². The summed E-state index contributed by atoms with van der Waals surface area (Å²) in [6, 6.07) is 9.21. The average molecular weight is 240 g/mol. The molecule has 1 aliphatic heterocycles. The van der Waals surface area contributed by atoms with Crippen LogP contribution in [-0.2, 0) is 0 Å². The normalized spacial score (nSPS) is 14.7. The molecule has 0 saturated carbocycles. The number of aromatic nitrogens is 2. The second-order valence-electron chi connectivity index (χ2n) is 4.28. The van der Waals surface area contributed by atoms with Gasteiger partial charge in [-0.15, -0.1) is 0 Å². The predicted octanol–water partition coefficient (Wildman–Crippen LogP) is 2.21. The molecule has 0 N–H and O–H groups in total. The van der Waals surface area contributed by atoms with E-state index in [-0.39, 0.29) is 0 Å². The highest BCUT2D eigenvalue weighted by molar-refractivity contribution is 5.56. The number of hydrogen-bond acceptors (Lipinski definition) is 5. The van der Waals surface area contributed by atoms with Crippen LogP contribution in [0.25, 0.3) is 11.5 Å². The Kier molecular flexibility index (Phi) is 2.69. The van der Waals surface area contributed by atoms with Gasteiger partial charge >= 0.3 is 0 Å². The van der Waals surface area contributed by atoms with Crippen molar-refractivity contribution in [3.63, 3.8) is 0 Å². The first-order valence-corrected chi connectivity index (χ1v) is 5.96. The smallest absolute Gasteiger partial charge is 0.266 e. The van der Waals surface area contributed by atoms with Crippen LogP contribution in [0.15, 0.2) is 28.8 Å². The van der Waals surface area contributed by atoms with Gasteiger partial charge in [0.2, 0.25) is 0 Å². The lowest BCUT2D eigenvalue weighted by Gasteiger charge is -2.09. The van der Waals surface area contributed by atoms with Crippen molar-refractivity contribution < 1.29 is 4.52 Å². The summed E-state index contributed by atoms with van der Waals surface area (Å²) in [7, 11) is 0. The van der Waals surface area contributed by atoms with Crippen LogP contribution in [0.4, 0.5) is 5.95 Å². The minimum atomic E-state index is 0.501. The van der Waals surface area contributed by atoms with E-state index >= 15 is 0 Å². The Bertz CT molecular complexity index is 576. The molecule has 1 aromatic heterocycles. The molecule has 0 radical (unpaired) electrons. The fraction of sp³-hybridized carbons (Fsp3) is 0.308. The molecule has 1 fully saturated rings. The number of nitrogens with zero attached hydrogens (tertiary/aromatic N) is 4. The van der Waals surface area contributed by atoms with Gasteiger partial charge in [-0.1, -0.05) is 0 Å². The van der Waals surface area contributed by atoms with E-state index in [0.29, 0.717) is 17.4 Å². The highest BCUT2D eigenvalue weighted by Crippen LogP contribution is 2.22. The Labute approximate surface area is 105 Å². The number of anilines is 1. The number of benzene rings is 1. The number of nitriles is 1. The van der Waals surface area contributed by atoms with Crippen LogP contribution < -0.4 is 4.90 Å². The lowest BCUT2D eigenvalue weighted by molar-refractivity contribution is 0.430. The summed E-state index contributed by atoms with van der Waals surface area (Å²) in [6.07, 6.45) is 2.36. The Morgan fingerprint density at radius 3 is 2.56 bits per heavy atom. The number of rotatable bonds is 2. The molecule has 2 heterocycles. The van der Waals surface area contributed by atoms with Crippen molar-refractivity contribution in [2.75, 3.05) is 18.0 Å². The highest BCUT2D eigenvalue weighted by Gasteiger charge is 2.18. The van der Waals surface area contributed by atoms with Gasteiger partial charge in [-0.2, -0.15) is 10.2 Å². The predicted molar refractivity (Wildman–Crippen MR) is 65.9 cm³/mol. The summed E-state index contributed by atoms with van der Waals surface area (Å²) >= 11 is 0. The zero-order chi connectivity index (χ0) is 12.4. The second-order valence-corrected chi connectivity index (χ2v) is 4.28. The Morgan fingerprint density at radius 1 is 1.17 bits per heavy atom. The molecule has 0 bridgehead atoms. The van der Waals surface area contributed by atoms with E-state index in [1.807, 2.05) is 12.1 Å². The van der Waals surface area contributed by atoms with Gasteiger partial charge in [0.05, 0.1) is 11.6 Å². The third kappa shape index (κ3) is 1.93. The molecule has 5 heteroatoms. The van der Waals surface area contributed by atoms with E-state index < -0.39 is 0 Å². The van der Waals surface area contributed by atoms with E-state index in [1.165, 1.54) is 12.8 Å². The SMILES string of the molecule is N#Cc1ccc(-c2nc(N3CCCC3)no2)cc1. The van der Waals surface area contributed by atoms with Crippen molar-refractivity contribution >= 4 is 5.95 Å². The highest BCUT2D eigenvalue weighted by atomic mass is 16.5. The van der Waals surface area contributed by atoms with Crippen molar-refractivity contribution in [1.82, 2.24) is 10.1 Å². The summed E-state index contributed by atoms with van der Waals surface area (Å²) in [4.78, 5) is 6.50. The van der Waals surface area contributed by atoms with E-state index in [1.54, 1.807) is 12.1 Å². The average Bonchev–Trinajstić information content (AvgIpc) is 3.09. The molecule has 1 aromatic carbocycles. The summed E-state index contributed by atoms with van der Waals surface area (Å²) in [5, 5.41) is 12.7. The molecule has 0 atom stereocenters. The molecule has 1 aliphatic rings. The topological polar surface area (TPSA) is 66.0 Å². The third-order valence-electron chi connectivity index (χ3n) is 3.07. The second kappa shape index (κ2) is 4.49. The lowest BCUT2D eigenvalue weighted by Crippen LogP contribution is -2.18. The molecular formula is C13H12N4O. The van der Waals surface area contributed by atoms with Gasteiger partial charge in [0, 0.05) is 18.7 Å². The first kappa shape index (κ1) is 10.8. The van der Waals surface area contributed by atoms with Gasteiger partial charge in [-0.3, -0.25) is 0 Å². The minimum absolute atomic E-state index is 0.501. The summed E-state index contributed by atoms with van der Waals surface area (Å²) in [5.74, 6) is 1.16. The molecular weight excluding hydrogens is 228 g/mol. The van der Waals surface area contributed by atoms with Gasteiger partial charge in [0.1, 0.15) is 0 Å². The van der Waals surface area contributed by atoms with Crippen molar-refractivity contribution in [3.8, 4) is 17.5 Å². The first-order valence-electron chi connectivity index (χ1n) is 5.96. The van der Waals surface area contributed by atoms with Crippen molar-refractivity contribution in [2.24, 2.45) is 0 Å². The zero-order valence-corrected chi connectivity index (χ0v) is 9.83. The largest absolute Gasteiger partial charge is 0.338 e. The zero-order valence-electron chi connectivity index (χ0n) is 9.83. The van der Waals surface area contributed by atoms with Crippen LogP contribution in [0.1, 0.15) is 18.4 Å². The third-order valence-corrected chi connectivity index (χ3v) is 3.07. The van der Waals surface area contributed by atoms with E-state index in [9.17, 15) is 0 Å². The Hall–Kier alpha value is -2.35. The maximum absolute atomic E-state index is 8.74. The molecule has 3 rings (SSSR count). The fourth-order valence-corrected chi connectivity index (χ4v) is 2.07. The summed E-state index contributed by atoms with van der Waals surface area (Å²) in [6.45, 7) is 1.98. The monoisotopic (exact) mass is 240 g/mol. The summed E-state index contributed by atoms with van der Waals surface area (Å²) < 4.78 is 5.25. The molecule has 5 nitrogen and oxygen atoms in total. The molecule has 18 heavy (non-hydrogen) atoms. The standard InChI is InChI=1S/C13H12N4O/c14-9-10-3-5-11(6-4-10)12-15-13(16-18-12)17-7-1-2-8-17/h3-6H,1-2,7-8H2. The molecule has 90 valence electrons. The Balaban J connectivity index is 1.85. The van der Waals surface area contributed by atoms with Crippen LogP contribution in [0.2, 0.25) is 0 Å². The molecule has 1 saturated heterocycles.